The molecular formula is C14H26N2O3. The summed E-state index contributed by atoms with van der Waals surface area (Å²) in [5.74, 6) is -0.276. The van der Waals surface area contributed by atoms with Gasteiger partial charge in [-0.2, -0.15) is 0 Å². The molecule has 0 spiro atoms. The van der Waals surface area contributed by atoms with Gasteiger partial charge in [-0.05, 0) is 45.1 Å². The van der Waals surface area contributed by atoms with Gasteiger partial charge in [0.25, 0.3) is 0 Å². The van der Waals surface area contributed by atoms with Crippen LogP contribution in [-0.2, 0) is 9.59 Å². The van der Waals surface area contributed by atoms with Crippen LogP contribution in [0.15, 0.2) is 0 Å². The summed E-state index contributed by atoms with van der Waals surface area (Å²) in [4.78, 5) is 25.1. The third-order valence-electron chi connectivity index (χ3n) is 4.08. The van der Waals surface area contributed by atoms with Gasteiger partial charge >= 0.3 is 5.97 Å². The van der Waals surface area contributed by atoms with Crippen LogP contribution in [-0.4, -0.2) is 41.5 Å². The van der Waals surface area contributed by atoms with E-state index in [1.54, 1.807) is 11.8 Å². The highest BCUT2D eigenvalue weighted by Crippen LogP contribution is 2.30. The van der Waals surface area contributed by atoms with E-state index in [0.29, 0.717) is 38.4 Å². The lowest BCUT2D eigenvalue weighted by molar-refractivity contribution is -0.153. The second kappa shape index (κ2) is 6.89. The van der Waals surface area contributed by atoms with E-state index in [0.717, 1.165) is 19.3 Å². The minimum absolute atomic E-state index is 0.0797. The molecule has 1 rings (SSSR count). The predicted molar refractivity (Wildman–Crippen MR) is 73.6 cm³/mol. The Balaban J connectivity index is 2.46. The Morgan fingerprint density at radius 3 is 2.68 bits per heavy atom. The normalized spacial score (nSPS) is 25.1. The summed E-state index contributed by atoms with van der Waals surface area (Å²) in [6.07, 6.45) is 3.68. The average Bonchev–Trinajstić information content (AvgIpc) is 2.36. The molecular weight excluding hydrogens is 244 g/mol. The van der Waals surface area contributed by atoms with Gasteiger partial charge in [-0.1, -0.05) is 6.92 Å². The minimum atomic E-state index is -0.804. The van der Waals surface area contributed by atoms with Crippen molar-refractivity contribution >= 4 is 11.9 Å². The van der Waals surface area contributed by atoms with E-state index in [-0.39, 0.29) is 5.91 Å². The summed E-state index contributed by atoms with van der Waals surface area (Å²) < 4.78 is 0. The Kier molecular flexibility index (Phi) is 5.79. The Labute approximate surface area is 115 Å². The summed E-state index contributed by atoms with van der Waals surface area (Å²) in [5.41, 5.74) is 4.71. The number of hydrogen-bond donors (Lipinski definition) is 2. The van der Waals surface area contributed by atoms with E-state index >= 15 is 0 Å². The molecule has 1 amide bonds. The molecule has 1 heterocycles. The maximum atomic E-state index is 12.1. The lowest BCUT2D eigenvalue weighted by Gasteiger charge is -2.37. The summed E-state index contributed by atoms with van der Waals surface area (Å²) in [7, 11) is 0. The molecule has 1 saturated heterocycles. The molecule has 19 heavy (non-hydrogen) atoms. The lowest BCUT2D eigenvalue weighted by atomic mass is 9.82. The van der Waals surface area contributed by atoms with Crippen LogP contribution >= 0.6 is 0 Å². The van der Waals surface area contributed by atoms with Crippen molar-refractivity contribution in [2.75, 3.05) is 19.6 Å². The molecule has 0 bridgehead atoms. The van der Waals surface area contributed by atoms with E-state index in [1.807, 2.05) is 0 Å². The van der Waals surface area contributed by atoms with Crippen LogP contribution in [0.3, 0.4) is 0 Å². The second-order valence-electron chi connectivity index (χ2n) is 6.01. The quantitative estimate of drug-likeness (QED) is 0.765. The van der Waals surface area contributed by atoms with Gasteiger partial charge in [0.2, 0.25) is 5.91 Å². The van der Waals surface area contributed by atoms with Crippen molar-refractivity contribution in [2.24, 2.45) is 17.1 Å². The van der Waals surface area contributed by atoms with Crippen molar-refractivity contribution < 1.29 is 14.7 Å². The Morgan fingerprint density at radius 2 is 2.11 bits per heavy atom. The molecule has 0 aromatic rings. The molecule has 5 heteroatoms. The standard InChI is InChI=1S/C14H26N2O3/c1-11(6-8-15)4-5-12(17)16-9-3-7-14(2,10-16)13(18)19/h11H,3-10,15H2,1-2H3,(H,18,19). The van der Waals surface area contributed by atoms with E-state index in [1.165, 1.54) is 0 Å². The first-order chi connectivity index (χ1) is 8.89. The van der Waals surface area contributed by atoms with Crippen LogP contribution in [0.2, 0.25) is 0 Å². The summed E-state index contributed by atoms with van der Waals surface area (Å²) in [5, 5.41) is 9.23. The molecule has 2 atom stereocenters. The molecule has 0 aliphatic carbocycles. The average molecular weight is 270 g/mol. The molecule has 0 aromatic heterocycles. The molecule has 1 aliphatic heterocycles. The molecule has 2 unspecified atom stereocenters. The number of carboxylic acid groups (broad SMARTS) is 1. The first-order valence-electron chi connectivity index (χ1n) is 7.10. The van der Waals surface area contributed by atoms with Crippen LogP contribution in [0.1, 0.15) is 46.0 Å². The zero-order chi connectivity index (χ0) is 14.5. The van der Waals surface area contributed by atoms with Gasteiger partial charge in [-0.25, -0.2) is 0 Å². The van der Waals surface area contributed by atoms with Crippen molar-refractivity contribution in [3.8, 4) is 0 Å². The highest BCUT2D eigenvalue weighted by Gasteiger charge is 2.39. The molecule has 5 nitrogen and oxygen atoms in total. The first-order valence-corrected chi connectivity index (χ1v) is 7.10. The number of amides is 1. The van der Waals surface area contributed by atoms with Gasteiger partial charge in [0.05, 0.1) is 5.41 Å². The van der Waals surface area contributed by atoms with Crippen molar-refractivity contribution in [3.05, 3.63) is 0 Å². The molecule has 0 aromatic carbocycles. The topological polar surface area (TPSA) is 83.6 Å². The van der Waals surface area contributed by atoms with Crippen molar-refractivity contribution in [1.29, 1.82) is 0 Å². The molecule has 0 radical (unpaired) electrons. The monoisotopic (exact) mass is 270 g/mol. The van der Waals surface area contributed by atoms with Gasteiger partial charge in [-0.15, -0.1) is 0 Å². The maximum Gasteiger partial charge on any atom is 0.311 e. The third kappa shape index (κ3) is 4.49. The summed E-state index contributed by atoms with van der Waals surface area (Å²) in [6, 6.07) is 0. The van der Waals surface area contributed by atoms with Gasteiger partial charge < -0.3 is 15.7 Å². The zero-order valence-electron chi connectivity index (χ0n) is 12.0. The van der Waals surface area contributed by atoms with E-state index < -0.39 is 11.4 Å². The predicted octanol–water partition coefficient (Wildman–Crippen LogP) is 1.46. The van der Waals surface area contributed by atoms with Crippen molar-refractivity contribution in [3.63, 3.8) is 0 Å². The number of carbonyl (C=O) groups is 2. The molecule has 0 saturated carbocycles. The maximum absolute atomic E-state index is 12.1. The van der Waals surface area contributed by atoms with Gasteiger partial charge in [0.15, 0.2) is 0 Å². The number of aliphatic carboxylic acids is 1. The van der Waals surface area contributed by atoms with Crippen LogP contribution < -0.4 is 5.73 Å². The smallest absolute Gasteiger partial charge is 0.311 e. The van der Waals surface area contributed by atoms with Gasteiger partial charge in [-0.3, -0.25) is 9.59 Å². The number of rotatable bonds is 6. The molecule has 1 aliphatic rings. The van der Waals surface area contributed by atoms with Crippen LogP contribution in [0.5, 0.6) is 0 Å². The first kappa shape index (κ1) is 16.0. The van der Waals surface area contributed by atoms with Crippen LogP contribution in [0, 0.1) is 11.3 Å². The number of hydrogen-bond acceptors (Lipinski definition) is 3. The molecule has 3 N–H and O–H groups in total. The van der Waals surface area contributed by atoms with Crippen LogP contribution in [0.4, 0.5) is 0 Å². The minimum Gasteiger partial charge on any atom is -0.481 e. The molecule has 110 valence electrons. The number of carbonyl (C=O) groups excluding carboxylic acids is 1. The fourth-order valence-electron chi connectivity index (χ4n) is 2.58. The number of carboxylic acids is 1. The second-order valence-corrected chi connectivity index (χ2v) is 6.01. The van der Waals surface area contributed by atoms with Crippen molar-refractivity contribution in [2.45, 2.75) is 46.0 Å². The largest absolute Gasteiger partial charge is 0.481 e. The van der Waals surface area contributed by atoms with E-state index in [9.17, 15) is 14.7 Å². The van der Waals surface area contributed by atoms with E-state index in [4.69, 9.17) is 5.73 Å². The highest BCUT2D eigenvalue weighted by molar-refractivity contribution is 5.79. The molecule has 1 fully saturated rings. The van der Waals surface area contributed by atoms with Crippen LogP contribution in [0.25, 0.3) is 0 Å². The van der Waals surface area contributed by atoms with Gasteiger partial charge in [0.1, 0.15) is 0 Å². The lowest BCUT2D eigenvalue weighted by Crippen LogP contribution is -2.48. The number of nitrogens with zero attached hydrogens (tertiary/aromatic N) is 1. The highest BCUT2D eigenvalue weighted by atomic mass is 16.4. The Morgan fingerprint density at radius 1 is 1.42 bits per heavy atom. The number of nitrogens with two attached hydrogens (primary N) is 1. The number of likely N-dealkylation sites (tertiary alicyclic amines) is 1. The SMILES string of the molecule is CC(CCN)CCC(=O)N1CCCC(C)(C(=O)O)C1. The Hall–Kier alpha value is -1.10. The number of piperidine rings is 1. The summed E-state index contributed by atoms with van der Waals surface area (Å²) in [6.45, 7) is 5.50. The Bertz CT molecular complexity index is 333. The van der Waals surface area contributed by atoms with Crippen molar-refractivity contribution in [1.82, 2.24) is 4.90 Å². The fraction of sp³-hybridized carbons (Fsp3) is 0.857. The fourth-order valence-corrected chi connectivity index (χ4v) is 2.58. The van der Waals surface area contributed by atoms with E-state index in [2.05, 4.69) is 6.92 Å². The zero-order valence-corrected chi connectivity index (χ0v) is 12.0. The van der Waals surface area contributed by atoms with Gasteiger partial charge in [0, 0.05) is 19.5 Å². The summed E-state index contributed by atoms with van der Waals surface area (Å²) >= 11 is 0. The third-order valence-corrected chi connectivity index (χ3v) is 4.08.